The molecule has 154 valence electrons. The third-order valence-corrected chi connectivity index (χ3v) is 4.30. The number of hydrazone groups is 1. The number of rotatable bonds is 7. The molecule has 9 heteroatoms. The topological polar surface area (TPSA) is 88.5 Å². The van der Waals surface area contributed by atoms with Crippen LogP contribution in [0.2, 0.25) is 5.28 Å². The van der Waals surface area contributed by atoms with E-state index in [1.807, 2.05) is 32.0 Å². The maximum atomic E-state index is 13.7. The van der Waals surface area contributed by atoms with Gasteiger partial charge in [0.2, 0.25) is 11.1 Å². The molecule has 0 saturated carbocycles. The van der Waals surface area contributed by atoms with E-state index in [9.17, 15) is 9.18 Å². The first kappa shape index (κ1) is 21.2. The van der Waals surface area contributed by atoms with Crippen LogP contribution in [0.15, 0.2) is 53.8 Å². The van der Waals surface area contributed by atoms with Gasteiger partial charge in [0.25, 0.3) is 11.8 Å². The Kier molecular flexibility index (Phi) is 6.92. The van der Waals surface area contributed by atoms with Gasteiger partial charge in [-0.15, -0.1) is 0 Å². The van der Waals surface area contributed by atoms with E-state index in [4.69, 9.17) is 16.3 Å². The fourth-order valence-electron chi connectivity index (χ4n) is 2.42. The van der Waals surface area contributed by atoms with Crippen LogP contribution in [0.3, 0.4) is 0 Å². The van der Waals surface area contributed by atoms with Crippen molar-refractivity contribution < 1.29 is 13.9 Å². The monoisotopic (exact) mass is 427 g/mol. The summed E-state index contributed by atoms with van der Waals surface area (Å²) in [7, 11) is 0. The minimum absolute atomic E-state index is 0.0801. The van der Waals surface area contributed by atoms with Gasteiger partial charge in [-0.2, -0.15) is 14.5 Å². The first-order valence-electron chi connectivity index (χ1n) is 9.00. The highest BCUT2D eigenvalue weighted by atomic mass is 35.5. The Morgan fingerprint density at radius 3 is 2.87 bits per heavy atom. The molecule has 30 heavy (non-hydrogen) atoms. The number of halogens is 2. The highest BCUT2D eigenvalue weighted by molar-refractivity contribution is 6.28. The van der Waals surface area contributed by atoms with Gasteiger partial charge in [0.1, 0.15) is 5.75 Å². The average Bonchev–Trinajstić information content (AvgIpc) is 2.72. The molecule has 1 aromatic heterocycles. The van der Waals surface area contributed by atoms with E-state index in [0.717, 1.165) is 17.4 Å². The molecule has 2 aromatic carbocycles. The summed E-state index contributed by atoms with van der Waals surface area (Å²) in [5, 5.41) is 6.84. The van der Waals surface area contributed by atoms with Crippen LogP contribution in [0.4, 0.5) is 10.1 Å². The summed E-state index contributed by atoms with van der Waals surface area (Å²) in [6, 6.07) is 12.6. The van der Waals surface area contributed by atoms with Gasteiger partial charge in [-0.1, -0.05) is 18.2 Å². The number of aromatic nitrogens is 2. The lowest BCUT2D eigenvalue weighted by Gasteiger charge is -2.08. The van der Waals surface area contributed by atoms with Crippen molar-refractivity contribution in [3.8, 4) is 11.6 Å². The van der Waals surface area contributed by atoms with E-state index < -0.39 is 5.82 Å². The summed E-state index contributed by atoms with van der Waals surface area (Å²) >= 11 is 5.66. The van der Waals surface area contributed by atoms with Crippen LogP contribution in [0.25, 0.3) is 0 Å². The number of aryl methyl sites for hydroxylation is 2. The van der Waals surface area contributed by atoms with Gasteiger partial charge >= 0.3 is 0 Å². The lowest BCUT2D eigenvalue weighted by Crippen LogP contribution is -2.25. The highest BCUT2D eigenvalue weighted by Gasteiger charge is 2.09. The third-order valence-electron chi connectivity index (χ3n) is 4.12. The molecular formula is C21H19ClFN5O2. The molecule has 0 saturated heterocycles. The minimum Gasteiger partial charge on any atom is -0.436 e. The van der Waals surface area contributed by atoms with Gasteiger partial charge in [0.15, 0.2) is 0 Å². The van der Waals surface area contributed by atoms with E-state index in [-0.39, 0.29) is 23.6 Å². The Morgan fingerprint density at radius 2 is 2.07 bits per heavy atom. The number of benzene rings is 2. The first-order valence-corrected chi connectivity index (χ1v) is 9.37. The molecule has 0 fully saturated rings. The number of hydrogen-bond acceptors (Lipinski definition) is 6. The molecule has 3 aromatic rings. The van der Waals surface area contributed by atoms with Crippen LogP contribution in [0.1, 0.15) is 16.7 Å². The van der Waals surface area contributed by atoms with Crippen molar-refractivity contribution in [2.24, 2.45) is 5.10 Å². The molecule has 7 nitrogen and oxygen atoms in total. The van der Waals surface area contributed by atoms with Crippen molar-refractivity contribution in [1.29, 1.82) is 0 Å². The number of amides is 1. The summed E-state index contributed by atoms with van der Waals surface area (Å²) in [6.07, 6.45) is 2.38. The summed E-state index contributed by atoms with van der Waals surface area (Å²) in [4.78, 5) is 19.2. The van der Waals surface area contributed by atoms with Crippen molar-refractivity contribution >= 4 is 29.4 Å². The molecule has 0 aliphatic rings. The van der Waals surface area contributed by atoms with Crippen molar-refractivity contribution in [2.75, 3.05) is 11.9 Å². The zero-order valence-corrected chi connectivity index (χ0v) is 17.1. The van der Waals surface area contributed by atoms with Crippen molar-refractivity contribution in [3.05, 3.63) is 76.5 Å². The highest BCUT2D eigenvalue weighted by Crippen LogP contribution is 2.23. The summed E-state index contributed by atoms with van der Waals surface area (Å²) in [6.45, 7) is 4.12. The maximum absolute atomic E-state index is 13.7. The largest absolute Gasteiger partial charge is 0.436 e. The van der Waals surface area contributed by atoms with Crippen LogP contribution in [-0.2, 0) is 4.79 Å². The van der Waals surface area contributed by atoms with Gasteiger partial charge in [-0.3, -0.25) is 4.79 Å². The number of carbonyl (C=O) groups excluding carboxylic acids is 1. The molecule has 0 spiro atoms. The van der Waals surface area contributed by atoms with Gasteiger partial charge in [-0.25, -0.2) is 10.4 Å². The lowest BCUT2D eigenvalue weighted by atomic mass is 10.1. The molecule has 0 radical (unpaired) electrons. The van der Waals surface area contributed by atoms with Crippen LogP contribution >= 0.6 is 11.6 Å². The number of hydrogen-bond donors (Lipinski definition) is 2. The van der Waals surface area contributed by atoms with Crippen LogP contribution in [0.5, 0.6) is 11.6 Å². The number of ether oxygens (including phenoxy) is 1. The van der Waals surface area contributed by atoms with Gasteiger partial charge < -0.3 is 10.1 Å². The smallest absolute Gasteiger partial charge is 0.260 e. The Balaban J connectivity index is 1.54. The number of carbonyl (C=O) groups is 1. The van der Waals surface area contributed by atoms with Gasteiger partial charge in [-0.05, 0) is 66.4 Å². The van der Waals surface area contributed by atoms with Crippen molar-refractivity contribution in [1.82, 2.24) is 15.4 Å². The predicted molar refractivity (Wildman–Crippen MR) is 114 cm³/mol. The number of nitrogens with zero attached hydrogens (tertiary/aromatic N) is 3. The first-order chi connectivity index (χ1) is 14.4. The average molecular weight is 428 g/mol. The zero-order chi connectivity index (χ0) is 21.5. The molecule has 0 unspecified atom stereocenters. The molecule has 0 aliphatic carbocycles. The summed E-state index contributed by atoms with van der Waals surface area (Å²) in [5.74, 6) is -0.984. The fourth-order valence-corrected chi connectivity index (χ4v) is 2.55. The summed E-state index contributed by atoms with van der Waals surface area (Å²) < 4.78 is 19.1. The van der Waals surface area contributed by atoms with Crippen LogP contribution in [-0.4, -0.2) is 28.6 Å². The maximum Gasteiger partial charge on any atom is 0.260 e. The molecular weight excluding hydrogens is 409 g/mol. The van der Waals surface area contributed by atoms with Gasteiger partial charge in [0.05, 0.1) is 19.0 Å². The summed E-state index contributed by atoms with van der Waals surface area (Å²) in [5.41, 5.74) is 6.27. The molecule has 0 atom stereocenters. The standard InChI is InChI=1S/C21H19ClFN5O2/c1-13-6-7-16(8-14(13)2)24-12-19(29)28-26-10-15-4-3-5-17(9-15)30-20-18(23)11-25-21(22)27-20/h3-11,24H,12H2,1-2H3,(H,28,29)/b26-10+. The van der Waals surface area contributed by atoms with Crippen LogP contribution < -0.4 is 15.5 Å². The zero-order valence-electron chi connectivity index (χ0n) is 16.3. The molecule has 0 bridgehead atoms. The van der Waals surface area contributed by atoms with E-state index in [2.05, 4.69) is 25.8 Å². The fraction of sp³-hybridized carbons (Fsp3) is 0.143. The molecule has 1 amide bonds. The van der Waals surface area contributed by atoms with Crippen LogP contribution in [0, 0.1) is 19.7 Å². The molecule has 3 rings (SSSR count). The Hall–Kier alpha value is -3.52. The predicted octanol–water partition coefficient (Wildman–Crippen LogP) is 4.24. The Labute approximate surface area is 178 Å². The third kappa shape index (κ3) is 5.99. The van der Waals surface area contributed by atoms with Crippen molar-refractivity contribution in [2.45, 2.75) is 13.8 Å². The second-order valence-electron chi connectivity index (χ2n) is 6.41. The number of nitrogens with one attached hydrogen (secondary N) is 2. The normalized spacial score (nSPS) is 10.8. The second-order valence-corrected chi connectivity index (χ2v) is 6.75. The quantitative estimate of drug-likeness (QED) is 0.334. The lowest BCUT2D eigenvalue weighted by molar-refractivity contribution is -0.119. The molecule has 2 N–H and O–H groups in total. The SMILES string of the molecule is Cc1ccc(NCC(=O)N/N=C/c2cccc(Oc3nc(Cl)ncc3F)c2)cc1C. The Morgan fingerprint density at radius 1 is 1.23 bits per heavy atom. The second kappa shape index (κ2) is 9.80. The van der Waals surface area contributed by atoms with E-state index in [1.54, 1.807) is 24.3 Å². The van der Waals surface area contributed by atoms with Gasteiger partial charge in [0, 0.05) is 5.69 Å². The minimum atomic E-state index is -0.734. The van der Waals surface area contributed by atoms with E-state index in [1.165, 1.54) is 11.8 Å². The van der Waals surface area contributed by atoms with E-state index >= 15 is 0 Å². The van der Waals surface area contributed by atoms with Crippen molar-refractivity contribution in [3.63, 3.8) is 0 Å². The number of anilines is 1. The van der Waals surface area contributed by atoms with E-state index in [0.29, 0.717) is 11.3 Å². The molecule has 1 heterocycles. The molecule has 0 aliphatic heterocycles. The Bertz CT molecular complexity index is 1090.